The van der Waals surface area contributed by atoms with Gasteiger partial charge in [-0.2, -0.15) is 0 Å². The second-order valence-electron chi connectivity index (χ2n) is 8.19. The first-order valence-corrected chi connectivity index (χ1v) is 11.4. The van der Waals surface area contributed by atoms with Crippen LogP contribution in [0.5, 0.6) is 0 Å². The highest BCUT2D eigenvalue weighted by molar-refractivity contribution is 5.69. The number of rotatable bonds is 11. The zero-order valence-electron chi connectivity index (χ0n) is 19.0. The molecule has 172 valence electrons. The first kappa shape index (κ1) is 24.1. The fraction of sp³-hybridized carbons (Fsp3) is 0.286. The molecule has 0 aliphatic rings. The molecule has 0 saturated heterocycles. The molecule has 33 heavy (non-hydrogen) atoms. The molecule has 3 aromatic rings. The highest BCUT2D eigenvalue weighted by Gasteiger charge is 2.06. The van der Waals surface area contributed by atoms with Crippen LogP contribution < -0.4 is 5.32 Å². The number of unbranched alkanes of at least 4 members (excludes halogenated alkanes) is 1. The summed E-state index contributed by atoms with van der Waals surface area (Å²) < 4.78 is 5.21. The molecule has 0 unspecified atom stereocenters. The molecular formula is C28H31NO4. The average Bonchev–Trinajstić information content (AvgIpc) is 2.82. The molecule has 5 nitrogen and oxygen atoms in total. The minimum absolute atomic E-state index is 0.151. The van der Waals surface area contributed by atoms with Gasteiger partial charge in [-0.25, -0.2) is 4.79 Å². The second kappa shape index (κ2) is 12.4. The topological polar surface area (TPSA) is 75.6 Å². The highest BCUT2D eigenvalue weighted by atomic mass is 16.5. The Hall–Kier alpha value is -3.60. The largest absolute Gasteiger partial charge is 0.481 e. The number of alkyl carbamates (subject to hydrolysis) is 1. The van der Waals surface area contributed by atoms with Crippen LogP contribution in [0.15, 0.2) is 72.8 Å². The maximum Gasteiger partial charge on any atom is 0.407 e. The smallest absolute Gasteiger partial charge is 0.407 e. The summed E-state index contributed by atoms with van der Waals surface area (Å²) >= 11 is 0. The number of amides is 1. The van der Waals surface area contributed by atoms with Crippen molar-refractivity contribution in [1.29, 1.82) is 0 Å². The fourth-order valence-electron chi connectivity index (χ4n) is 3.73. The molecule has 0 atom stereocenters. The van der Waals surface area contributed by atoms with Crippen molar-refractivity contribution in [2.24, 2.45) is 0 Å². The molecule has 5 heteroatoms. The molecule has 0 spiro atoms. The van der Waals surface area contributed by atoms with Gasteiger partial charge in [-0.15, -0.1) is 0 Å². The van der Waals surface area contributed by atoms with Crippen LogP contribution in [-0.2, 0) is 29.0 Å². The number of ether oxygens (including phenoxy) is 1. The van der Waals surface area contributed by atoms with Gasteiger partial charge < -0.3 is 15.2 Å². The Kier molecular flexibility index (Phi) is 9.07. The van der Waals surface area contributed by atoms with Crippen LogP contribution in [0.4, 0.5) is 4.79 Å². The number of aryl methyl sites for hydroxylation is 3. The molecule has 2 N–H and O–H groups in total. The third-order valence-electron chi connectivity index (χ3n) is 5.56. The van der Waals surface area contributed by atoms with E-state index in [4.69, 9.17) is 9.84 Å². The molecule has 0 aromatic heterocycles. The van der Waals surface area contributed by atoms with Gasteiger partial charge in [0.1, 0.15) is 6.61 Å². The van der Waals surface area contributed by atoms with Gasteiger partial charge in [0.05, 0.1) is 0 Å². The fourth-order valence-corrected chi connectivity index (χ4v) is 3.73. The van der Waals surface area contributed by atoms with Gasteiger partial charge in [-0.05, 0) is 66.0 Å². The van der Waals surface area contributed by atoms with E-state index < -0.39 is 5.97 Å². The summed E-state index contributed by atoms with van der Waals surface area (Å²) in [5.41, 5.74) is 6.76. The third kappa shape index (κ3) is 8.11. The number of hydrogen-bond donors (Lipinski definition) is 2. The molecule has 3 rings (SSSR count). The highest BCUT2D eigenvalue weighted by Crippen LogP contribution is 2.25. The van der Waals surface area contributed by atoms with Crippen LogP contribution in [0.3, 0.4) is 0 Å². The summed E-state index contributed by atoms with van der Waals surface area (Å²) in [4.78, 5) is 22.5. The average molecular weight is 446 g/mol. The van der Waals surface area contributed by atoms with Crippen LogP contribution in [0.1, 0.15) is 41.5 Å². The van der Waals surface area contributed by atoms with E-state index in [0.29, 0.717) is 13.0 Å². The van der Waals surface area contributed by atoms with Gasteiger partial charge in [-0.3, -0.25) is 4.79 Å². The Bertz CT molecular complexity index is 1050. The quantitative estimate of drug-likeness (QED) is 0.359. The van der Waals surface area contributed by atoms with E-state index in [-0.39, 0.29) is 19.1 Å². The summed E-state index contributed by atoms with van der Waals surface area (Å²) in [6.07, 6.45) is 3.14. The van der Waals surface area contributed by atoms with E-state index in [1.165, 1.54) is 11.1 Å². The number of benzene rings is 3. The van der Waals surface area contributed by atoms with Gasteiger partial charge in [0.25, 0.3) is 0 Å². The first-order chi connectivity index (χ1) is 16.0. The predicted octanol–water partition coefficient (Wildman–Crippen LogP) is 5.93. The third-order valence-corrected chi connectivity index (χ3v) is 5.56. The summed E-state index contributed by atoms with van der Waals surface area (Å²) in [6.45, 7) is 2.94. The zero-order chi connectivity index (χ0) is 23.5. The van der Waals surface area contributed by atoms with E-state index in [1.54, 1.807) is 0 Å². The Labute approximate surface area is 195 Å². The molecular weight excluding hydrogens is 414 g/mol. The van der Waals surface area contributed by atoms with Crippen LogP contribution >= 0.6 is 0 Å². The molecule has 3 aromatic carbocycles. The lowest BCUT2D eigenvalue weighted by molar-refractivity contribution is -0.136. The van der Waals surface area contributed by atoms with E-state index in [0.717, 1.165) is 41.5 Å². The monoisotopic (exact) mass is 445 g/mol. The Morgan fingerprint density at radius 2 is 1.58 bits per heavy atom. The van der Waals surface area contributed by atoms with E-state index in [9.17, 15) is 9.59 Å². The van der Waals surface area contributed by atoms with E-state index in [1.807, 2.05) is 36.4 Å². The molecule has 0 aliphatic carbocycles. The summed E-state index contributed by atoms with van der Waals surface area (Å²) in [5.74, 6) is -0.772. The SMILES string of the molecule is Cc1cc(CCC(=O)O)ccc1-c1ccc(CCCCNC(=O)OCc2ccccc2)cc1. The van der Waals surface area contributed by atoms with Crippen LogP contribution in [0.2, 0.25) is 0 Å². The standard InChI is InChI=1S/C28H31NO4/c1-21-19-23(13-17-27(30)31)12-16-26(21)25-14-10-22(11-15-25)7-5-6-18-29-28(32)33-20-24-8-3-2-4-9-24/h2-4,8-12,14-16,19H,5-7,13,17-18,20H2,1H3,(H,29,32)(H,30,31). The maximum atomic E-state index is 11.8. The number of aliphatic carboxylic acids is 1. The summed E-state index contributed by atoms with van der Waals surface area (Å²) in [6, 6.07) is 24.3. The maximum absolute atomic E-state index is 11.8. The van der Waals surface area contributed by atoms with E-state index >= 15 is 0 Å². The van der Waals surface area contributed by atoms with Crippen molar-refractivity contribution in [3.63, 3.8) is 0 Å². The van der Waals surface area contributed by atoms with Crippen molar-refractivity contribution in [1.82, 2.24) is 5.32 Å². The lowest BCUT2D eigenvalue weighted by atomic mass is 9.95. The van der Waals surface area contributed by atoms with Gasteiger partial charge in [-0.1, -0.05) is 72.8 Å². The Balaban J connectivity index is 1.38. The normalized spacial score (nSPS) is 10.6. The molecule has 0 aliphatic heterocycles. The Morgan fingerprint density at radius 1 is 0.848 bits per heavy atom. The molecule has 0 bridgehead atoms. The summed E-state index contributed by atoms with van der Waals surface area (Å²) in [7, 11) is 0. The van der Waals surface area contributed by atoms with Crippen molar-refractivity contribution in [3.8, 4) is 11.1 Å². The lowest BCUT2D eigenvalue weighted by Gasteiger charge is -2.10. The first-order valence-electron chi connectivity index (χ1n) is 11.4. The van der Waals surface area contributed by atoms with Gasteiger partial charge in [0.2, 0.25) is 0 Å². The van der Waals surface area contributed by atoms with Crippen molar-refractivity contribution in [3.05, 3.63) is 95.1 Å². The van der Waals surface area contributed by atoms with Crippen LogP contribution in [0, 0.1) is 6.92 Å². The Morgan fingerprint density at radius 3 is 2.27 bits per heavy atom. The molecule has 0 saturated carbocycles. The van der Waals surface area contributed by atoms with Crippen LogP contribution in [0.25, 0.3) is 11.1 Å². The van der Waals surface area contributed by atoms with Crippen molar-refractivity contribution in [2.45, 2.75) is 45.6 Å². The lowest BCUT2D eigenvalue weighted by Crippen LogP contribution is -2.25. The molecule has 0 radical (unpaired) electrons. The minimum atomic E-state index is -0.772. The van der Waals surface area contributed by atoms with Gasteiger partial charge >= 0.3 is 12.1 Å². The number of nitrogens with one attached hydrogen (secondary N) is 1. The summed E-state index contributed by atoms with van der Waals surface area (Å²) in [5, 5.41) is 11.7. The van der Waals surface area contributed by atoms with Gasteiger partial charge in [0, 0.05) is 13.0 Å². The van der Waals surface area contributed by atoms with Crippen molar-refractivity contribution < 1.29 is 19.4 Å². The van der Waals surface area contributed by atoms with Gasteiger partial charge in [0.15, 0.2) is 0 Å². The van der Waals surface area contributed by atoms with Crippen molar-refractivity contribution >= 4 is 12.1 Å². The van der Waals surface area contributed by atoms with Crippen LogP contribution in [-0.4, -0.2) is 23.7 Å². The minimum Gasteiger partial charge on any atom is -0.481 e. The number of carbonyl (C=O) groups excluding carboxylic acids is 1. The van der Waals surface area contributed by atoms with E-state index in [2.05, 4.69) is 48.6 Å². The predicted molar refractivity (Wildman–Crippen MR) is 130 cm³/mol. The number of carbonyl (C=O) groups is 2. The number of carboxylic acid groups (broad SMARTS) is 1. The second-order valence-corrected chi connectivity index (χ2v) is 8.19. The molecule has 1 amide bonds. The molecule has 0 fully saturated rings. The number of hydrogen-bond acceptors (Lipinski definition) is 3. The molecule has 0 heterocycles. The number of carboxylic acids is 1. The van der Waals surface area contributed by atoms with Crippen molar-refractivity contribution in [2.75, 3.05) is 6.54 Å². The zero-order valence-corrected chi connectivity index (χ0v) is 19.0.